The highest BCUT2D eigenvalue weighted by molar-refractivity contribution is 5.92. The molecule has 0 aliphatic heterocycles. The molecule has 0 radical (unpaired) electrons. The van der Waals surface area contributed by atoms with E-state index in [4.69, 9.17) is 10.5 Å². The van der Waals surface area contributed by atoms with E-state index >= 15 is 0 Å². The van der Waals surface area contributed by atoms with Gasteiger partial charge in [0.1, 0.15) is 5.75 Å². The summed E-state index contributed by atoms with van der Waals surface area (Å²) in [5, 5.41) is 3.09. The SMILES string of the molecule is COc1ccc(C(C)(C)CN=C(N)Nc2ccccc2)cc1. The van der Waals surface area contributed by atoms with Crippen LogP contribution in [0.4, 0.5) is 5.69 Å². The predicted molar refractivity (Wildman–Crippen MR) is 92.6 cm³/mol. The third-order valence-electron chi connectivity index (χ3n) is 3.56. The fourth-order valence-electron chi connectivity index (χ4n) is 2.13. The standard InChI is InChI=1S/C18H23N3O/c1-18(2,14-9-11-16(22-3)12-10-14)13-20-17(19)21-15-7-5-4-6-8-15/h4-12H,13H2,1-3H3,(H3,19,20,21). The summed E-state index contributed by atoms with van der Waals surface area (Å²) < 4.78 is 5.19. The molecule has 0 amide bonds. The second kappa shape index (κ2) is 6.98. The fraction of sp³-hybridized carbons (Fsp3) is 0.278. The summed E-state index contributed by atoms with van der Waals surface area (Å²) in [4.78, 5) is 4.46. The molecule has 0 fully saturated rings. The number of aliphatic imine (C=N–C) groups is 1. The van der Waals surface area contributed by atoms with Crippen molar-refractivity contribution >= 4 is 11.6 Å². The van der Waals surface area contributed by atoms with Crippen LogP contribution in [0.5, 0.6) is 5.75 Å². The molecule has 0 aliphatic carbocycles. The van der Waals surface area contributed by atoms with E-state index in [9.17, 15) is 0 Å². The first-order valence-electron chi connectivity index (χ1n) is 7.28. The predicted octanol–water partition coefficient (Wildman–Crippen LogP) is 3.40. The zero-order chi connectivity index (χ0) is 16.0. The lowest BCUT2D eigenvalue weighted by atomic mass is 9.85. The lowest BCUT2D eigenvalue weighted by molar-refractivity contribution is 0.414. The number of guanidine groups is 1. The first kappa shape index (κ1) is 15.9. The molecule has 22 heavy (non-hydrogen) atoms. The number of methoxy groups -OCH3 is 1. The van der Waals surface area contributed by atoms with Crippen molar-refractivity contribution in [2.75, 3.05) is 19.0 Å². The van der Waals surface area contributed by atoms with Gasteiger partial charge in [0.2, 0.25) is 0 Å². The van der Waals surface area contributed by atoms with E-state index < -0.39 is 0 Å². The molecule has 0 saturated heterocycles. The lowest BCUT2D eigenvalue weighted by Crippen LogP contribution is -2.27. The van der Waals surface area contributed by atoms with E-state index in [1.807, 2.05) is 42.5 Å². The third kappa shape index (κ3) is 4.25. The van der Waals surface area contributed by atoms with E-state index in [2.05, 4.69) is 36.3 Å². The number of para-hydroxylation sites is 1. The quantitative estimate of drug-likeness (QED) is 0.657. The second-order valence-electron chi connectivity index (χ2n) is 5.80. The molecule has 0 saturated carbocycles. The van der Waals surface area contributed by atoms with Gasteiger partial charge in [0, 0.05) is 11.1 Å². The normalized spacial score (nSPS) is 12.0. The number of nitrogens with one attached hydrogen (secondary N) is 1. The second-order valence-corrected chi connectivity index (χ2v) is 5.80. The Morgan fingerprint density at radius 2 is 1.73 bits per heavy atom. The van der Waals surface area contributed by atoms with E-state index in [0.717, 1.165) is 11.4 Å². The zero-order valence-electron chi connectivity index (χ0n) is 13.3. The van der Waals surface area contributed by atoms with Gasteiger partial charge in [-0.2, -0.15) is 0 Å². The molecule has 0 aromatic heterocycles. The number of hydrogen-bond acceptors (Lipinski definition) is 2. The largest absolute Gasteiger partial charge is 0.497 e. The molecule has 2 aromatic rings. The molecule has 4 heteroatoms. The molecule has 4 nitrogen and oxygen atoms in total. The van der Waals surface area contributed by atoms with E-state index in [1.54, 1.807) is 7.11 Å². The Labute approximate surface area is 132 Å². The van der Waals surface area contributed by atoms with Gasteiger partial charge in [-0.05, 0) is 29.8 Å². The van der Waals surface area contributed by atoms with Gasteiger partial charge in [-0.15, -0.1) is 0 Å². The van der Waals surface area contributed by atoms with Gasteiger partial charge in [0.05, 0.1) is 13.7 Å². The average Bonchev–Trinajstić information content (AvgIpc) is 2.54. The van der Waals surface area contributed by atoms with Gasteiger partial charge in [0.15, 0.2) is 5.96 Å². The van der Waals surface area contributed by atoms with Gasteiger partial charge in [-0.3, -0.25) is 4.99 Å². The van der Waals surface area contributed by atoms with Gasteiger partial charge >= 0.3 is 0 Å². The molecular formula is C18H23N3O. The highest BCUT2D eigenvalue weighted by Crippen LogP contribution is 2.25. The van der Waals surface area contributed by atoms with Crippen molar-refractivity contribution in [3.63, 3.8) is 0 Å². The van der Waals surface area contributed by atoms with Gasteiger partial charge in [0.25, 0.3) is 0 Å². The van der Waals surface area contributed by atoms with Crippen LogP contribution in [0.3, 0.4) is 0 Å². The first-order valence-corrected chi connectivity index (χ1v) is 7.28. The Kier molecular flexibility index (Phi) is 5.04. The summed E-state index contributed by atoms with van der Waals surface area (Å²) in [6.07, 6.45) is 0. The number of anilines is 1. The Morgan fingerprint density at radius 3 is 2.32 bits per heavy atom. The summed E-state index contributed by atoms with van der Waals surface area (Å²) in [5.41, 5.74) is 7.99. The average molecular weight is 297 g/mol. The van der Waals surface area contributed by atoms with Crippen molar-refractivity contribution in [2.24, 2.45) is 10.7 Å². The molecule has 0 atom stereocenters. The number of ether oxygens (including phenoxy) is 1. The third-order valence-corrected chi connectivity index (χ3v) is 3.56. The van der Waals surface area contributed by atoms with Crippen molar-refractivity contribution in [3.8, 4) is 5.75 Å². The summed E-state index contributed by atoms with van der Waals surface area (Å²) in [6, 6.07) is 17.8. The maximum Gasteiger partial charge on any atom is 0.193 e. The molecule has 0 heterocycles. The highest BCUT2D eigenvalue weighted by atomic mass is 16.5. The molecule has 2 rings (SSSR count). The van der Waals surface area contributed by atoms with Crippen LogP contribution < -0.4 is 15.8 Å². The monoisotopic (exact) mass is 297 g/mol. The van der Waals surface area contributed by atoms with Crippen LogP contribution >= 0.6 is 0 Å². The molecule has 0 unspecified atom stereocenters. The van der Waals surface area contributed by atoms with Crippen LogP contribution in [0.15, 0.2) is 59.6 Å². The van der Waals surface area contributed by atoms with Gasteiger partial charge in [-0.1, -0.05) is 44.2 Å². The Balaban J connectivity index is 2.02. The topological polar surface area (TPSA) is 59.6 Å². The van der Waals surface area contributed by atoms with Crippen LogP contribution in [0.2, 0.25) is 0 Å². The van der Waals surface area contributed by atoms with Crippen LogP contribution in [0.25, 0.3) is 0 Å². The lowest BCUT2D eigenvalue weighted by Gasteiger charge is -2.23. The molecular weight excluding hydrogens is 274 g/mol. The number of hydrogen-bond donors (Lipinski definition) is 2. The molecule has 3 N–H and O–H groups in total. The highest BCUT2D eigenvalue weighted by Gasteiger charge is 2.20. The molecule has 0 aliphatic rings. The minimum Gasteiger partial charge on any atom is -0.497 e. The summed E-state index contributed by atoms with van der Waals surface area (Å²) in [6.45, 7) is 4.90. The van der Waals surface area contributed by atoms with E-state index in [1.165, 1.54) is 5.56 Å². The Hall–Kier alpha value is -2.49. The van der Waals surface area contributed by atoms with Crippen molar-refractivity contribution < 1.29 is 4.74 Å². The molecule has 0 spiro atoms. The van der Waals surface area contributed by atoms with Crippen molar-refractivity contribution in [1.29, 1.82) is 0 Å². The van der Waals surface area contributed by atoms with Gasteiger partial charge in [-0.25, -0.2) is 0 Å². The maximum atomic E-state index is 5.96. The minimum absolute atomic E-state index is 0.102. The van der Waals surface area contributed by atoms with Crippen molar-refractivity contribution in [2.45, 2.75) is 19.3 Å². The van der Waals surface area contributed by atoms with Crippen LogP contribution in [-0.2, 0) is 5.41 Å². The maximum absolute atomic E-state index is 5.96. The first-order chi connectivity index (χ1) is 10.5. The summed E-state index contributed by atoms with van der Waals surface area (Å²) in [7, 11) is 1.67. The summed E-state index contributed by atoms with van der Waals surface area (Å²) >= 11 is 0. The van der Waals surface area contributed by atoms with Crippen molar-refractivity contribution in [3.05, 3.63) is 60.2 Å². The smallest absolute Gasteiger partial charge is 0.193 e. The fourth-order valence-corrected chi connectivity index (χ4v) is 2.13. The number of nitrogens with zero attached hydrogens (tertiary/aromatic N) is 1. The van der Waals surface area contributed by atoms with Crippen LogP contribution in [0.1, 0.15) is 19.4 Å². The number of nitrogens with two attached hydrogens (primary N) is 1. The summed E-state index contributed by atoms with van der Waals surface area (Å²) in [5.74, 6) is 1.28. The van der Waals surface area contributed by atoms with E-state index in [-0.39, 0.29) is 5.41 Å². The Bertz CT molecular complexity index is 619. The van der Waals surface area contributed by atoms with Crippen LogP contribution in [0, 0.1) is 0 Å². The zero-order valence-corrected chi connectivity index (χ0v) is 13.3. The molecule has 116 valence electrons. The van der Waals surface area contributed by atoms with E-state index in [0.29, 0.717) is 12.5 Å². The van der Waals surface area contributed by atoms with Crippen LogP contribution in [-0.4, -0.2) is 19.6 Å². The minimum atomic E-state index is -0.102. The van der Waals surface area contributed by atoms with Crippen molar-refractivity contribution in [1.82, 2.24) is 0 Å². The van der Waals surface area contributed by atoms with Gasteiger partial charge < -0.3 is 15.8 Å². The number of rotatable bonds is 5. The molecule has 0 bridgehead atoms. The Morgan fingerprint density at radius 1 is 1.09 bits per heavy atom. The molecule has 2 aromatic carbocycles. The number of benzene rings is 2.